The van der Waals surface area contributed by atoms with Crippen LogP contribution in [0, 0.1) is 0 Å². The van der Waals surface area contributed by atoms with Gasteiger partial charge in [-0.05, 0) is 30.5 Å². The largest absolute Gasteiger partial charge is 0.368 e. The molecule has 0 aromatic carbocycles. The Bertz CT molecular complexity index is 574. The van der Waals surface area contributed by atoms with Gasteiger partial charge in [-0.3, -0.25) is 9.59 Å². The van der Waals surface area contributed by atoms with Crippen LogP contribution in [0.25, 0.3) is 0 Å². The summed E-state index contributed by atoms with van der Waals surface area (Å²) in [4.78, 5) is 24.1. The number of amides is 2. The molecule has 6 heteroatoms. The van der Waals surface area contributed by atoms with Gasteiger partial charge in [0.2, 0.25) is 5.91 Å². The zero-order valence-corrected chi connectivity index (χ0v) is 11.3. The lowest BCUT2D eigenvalue weighted by atomic mass is 10.3. The molecule has 100 valence electrons. The second kappa shape index (κ2) is 5.71. The molecule has 0 saturated heterocycles. The number of hydrogen-bond donors (Lipinski definition) is 2. The van der Waals surface area contributed by atoms with Crippen molar-refractivity contribution in [3.8, 4) is 0 Å². The summed E-state index contributed by atoms with van der Waals surface area (Å²) < 4.78 is 1.84. The highest BCUT2D eigenvalue weighted by Crippen LogP contribution is 2.13. The Labute approximate surface area is 115 Å². The van der Waals surface area contributed by atoms with Gasteiger partial charge >= 0.3 is 0 Å². The van der Waals surface area contributed by atoms with Crippen LogP contribution in [0.5, 0.6) is 0 Å². The number of primary amides is 1. The van der Waals surface area contributed by atoms with Crippen molar-refractivity contribution in [3.05, 3.63) is 46.4 Å². The molecule has 0 bridgehead atoms. The summed E-state index contributed by atoms with van der Waals surface area (Å²) in [7, 11) is 0. The van der Waals surface area contributed by atoms with E-state index in [4.69, 9.17) is 5.73 Å². The number of carbonyl (C=O) groups is 2. The van der Waals surface area contributed by atoms with Crippen molar-refractivity contribution in [2.24, 2.45) is 5.73 Å². The molecule has 2 heterocycles. The van der Waals surface area contributed by atoms with Gasteiger partial charge in [-0.15, -0.1) is 11.3 Å². The summed E-state index contributed by atoms with van der Waals surface area (Å²) in [5.74, 6) is -0.849. The molecular formula is C13H15N3O2S. The van der Waals surface area contributed by atoms with Gasteiger partial charge in [0.15, 0.2) is 0 Å². The SMILES string of the molecule is CC(NC(=O)c1cccn1Cc1cccs1)C(N)=O. The van der Waals surface area contributed by atoms with Gasteiger partial charge in [0.1, 0.15) is 11.7 Å². The van der Waals surface area contributed by atoms with Crippen LogP contribution in [0.2, 0.25) is 0 Å². The molecule has 0 aliphatic rings. The number of hydrogen-bond acceptors (Lipinski definition) is 3. The van der Waals surface area contributed by atoms with Crippen molar-refractivity contribution >= 4 is 23.2 Å². The van der Waals surface area contributed by atoms with Crippen molar-refractivity contribution in [3.63, 3.8) is 0 Å². The lowest BCUT2D eigenvalue weighted by Crippen LogP contribution is -2.42. The van der Waals surface area contributed by atoms with E-state index >= 15 is 0 Å². The number of rotatable bonds is 5. The highest BCUT2D eigenvalue weighted by atomic mass is 32.1. The molecule has 19 heavy (non-hydrogen) atoms. The lowest BCUT2D eigenvalue weighted by Gasteiger charge is -2.12. The fourth-order valence-electron chi connectivity index (χ4n) is 1.67. The number of nitrogens with one attached hydrogen (secondary N) is 1. The van der Waals surface area contributed by atoms with Crippen molar-refractivity contribution in [2.75, 3.05) is 0 Å². The van der Waals surface area contributed by atoms with E-state index < -0.39 is 11.9 Å². The van der Waals surface area contributed by atoms with Crippen LogP contribution >= 0.6 is 11.3 Å². The molecule has 5 nitrogen and oxygen atoms in total. The Balaban J connectivity index is 2.10. The van der Waals surface area contributed by atoms with Crippen LogP contribution in [0.1, 0.15) is 22.3 Å². The highest BCUT2D eigenvalue weighted by molar-refractivity contribution is 7.09. The normalized spacial score (nSPS) is 12.1. The Morgan fingerprint density at radius 2 is 2.21 bits per heavy atom. The zero-order valence-electron chi connectivity index (χ0n) is 10.5. The van der Waals surface area contributed by atoms with Crippen LogP contribution in [-0.2, 0) is 11.3 Å². The molecule has 0 radical (unpaired) electrons. The lowest BCUT2D eigenvalue weighted by molar-refractivity contribution is -0.119. The first-order chi connectivity index (χ1) is 9.08. The molecule has 2 aromatic rings. The molecule has 1 atom stereocenters. The van der Waals surface area contributed by atoms with Crippen molar-refractivity contribution < 1.29 is 9.59 Å². The summed E-state index contributed by atoms with van der Waals surface area (Å²) in [6.07, 6.45) is 1.84. The fraction of sp³-hybridized carbons (Fsp3) is 0.231. The average molecular weight is 277 g/mol. The number of carbonyl (C=O) groups excluding carboxylic acids is 2. The van der Waals surface area contributed by atoms with E-state index in [-0.39, 0.29) is 5.91 Å². The van der Waals surface area contributed by atoms with Crippen molar-refractivity contribution in [1.29, 1.82) is 0 Å². The maximum atomic E-state index is 12.0. The van der Waals surface area contributed by atoms with Gasteiger partial charge in [0.25, 0.3) is 5.91 Å². The molecule has 1 unspecified atom stereocenters. The summed E-state index contributed by atoms with van der Waals surface area (Å²) >= 11 is 1.63. The average Bonchev–Trinajstić information content (AvgIpc) is 3.00. The van der Waals surface area contributed by atoms with Gasteiger partial charge in [0, 0.05) is 11.1 Å². The smallest absolute Gasteiger partial charge is 0.268 e. The Hall–Kier alpha value is -2.08. The van der Waals surface area contributed by atoms with Gasteiger partial charge in [-0.25, -0.2) is 0 Å². The van der Waals surface area contributed by atoms with Crippen LogP contribution in [0.4, 0.5) is 0 Å². The molecule has 2 amide bonds. The van der Waals surface area contributed by atoms with Crippen LogP contribution in [0.15, 0.2) is 35.8 Å². The minimum absolute atomic E-state index is 0.298. The molecule has 0 saturated carbocycles. The number of nitrogens with zero attached hydrogens (tertiary/aromatic N) is 1. The quantitative estimate of drug-likeness (QED) is 0.861. The second-order valence-corrected chi connectivity index (χ2v) is 5.23. The topological polar surface area (TPSA) is 77.1 Å². The van der Waals surface area contributed by atoms with Crippen molar-refractivity contribution in [2.45, 2.75) is 19.5 Å². The first kappa shape index (κ1) is 13.4. The number of nitrogens with two attached hydrogens (primary N) is 1. The monoisotopic (exact) mass is 277 g/mol. The predicted molar refractivity (Wildman–Crippen MR) is 74.0 cm³/mol. The van der Waals surface area contributed by atoms with Gasteiger partial charge < -0.3 is 15.6 Å². The van der Waals surface area contributed by atoms with Gasteiger partial charge in [0.05, 0.1) is 6.54 Å². The fourth-order valence-corrected chi connectivity index (χ4v) is 2.37. The van der Waals surface area contributed by atoms with E-state index in [1.807, 2.05) is 28.3 Å². The van der Waals surface area contributed by atoms with E-state index in [0.717, 1.165) is 4.88 Å². The van der Waals surface area contributed by atoms with Gasteiger partial charge in [-0.1, -0.05) is 6.07 Å². The maximum absolute atomic E-state index is 12.0. The first-order valence-electron chi connectivity index (χ1n) is 5.85. The minimum atomic E-state index is -0.683. The molecule has 3 N–H and O–H groups in total. The van der Waals surface area contributed by atoms with Crippen LogP contribution < -0.4 is 11.1 Å². The van der Waals surface area contributed by atoms with E-state index in [9.17, 15) is 9.59 Å². The van der Waals surface area contributed by atoms with Gasteiger partial charge in [-0.2, -0.15) is 0 Å². The molecule has 0 fully saturated rings. The summed E-state index contributed by atoms with van der Waals surface area (Å²) in [6.45, 7) is 2.20. The summed E-state index contributed by atoms with van der Waals surface area (Å²) in [5, 5.41) is 4.56. The molecule has 0 aliphatic heterocycles. The third-order valence-electron chi connectivity index (χ3n) is 2.74. The Morgan fingerprint density at radius 3 is 2.84 bits per heavy atom. The van der Waals surface area contributed by atoms with E-state index in [2.05, 4.69) is 5.32 Å². The van der Waals surface area contributed by atoms with E-state index in [0.29, 0.717) is 12.2 Å². The Morgan fingerprint density at radius 1 is 1.42 bits per heavy atom. The van der Waals surface area contributed by atoms with Crippen LogP contribution in [-0.4, -0.2) is 22.4 Å². The molecule has 0 aliphatic carbocycles. The van der Waals surface area contributed by atoms with E-state index in [1.54, 1.807) is 30.4 Å². The summed E-state index contributed by atoms with van der Waals surface area (Å²) in [5.41, 5.74) is 5.64. The minimum Gasteiger partial charge on any atom is -0.368 e. The standard InChI is InChI=1S/C13H15N3O2S/c1-9(12(14)17)15-13(18)11-5-2-6-16(11)8-10-4-3-7-19-10/h2-7,9H,8H2,1H3,(H2,14,17)(H,15,18). The van der Waals surface area contributed by atoms with E-state index in [1.165, 1.54) is 0 Å². The third-order valence-corrected chi connectivity index (χ3v) is 3.60. The Kier molecular flexibility index (Phi) is 4.01. The molecule has 2 rings (SSSR count). The van der Waals surface area contributed by atoms with Crippen molar-refractivity contribution in [1.82, 2.24) is 9.88 Å². The zero-order chi connectivity index (χ0) is 13.8. The van der Waals surface area contributed by atoms with Crippen LogP contribution in [0.3, 0.4) is 0 Å². The predicted octanol–water partition coefficient (Wildman–Crippen LogP) is 1.20. The molecule has 0 spiro atoms. The highest BCUT2D eigenvalue weighted by Gasteiger charge is 2.16. The summed E-state index contributed by atoms with van der Waals surface area (Å²) in [6, 6.07) is 6.82. The molecular weight excluding hydrogens is 262 g/mol. The number of aromatic nitrogens is 1. The molecule has 2 aromatic heterocycles. The maximum Gasteiger partial charge on any atom is 0.268 e. The second-order valence-electron chi connectivity index (χ2n) is 4.20. The third kappa shape index (κ3) is 3.23. The number of thiophene rings is 1. The first-order valence-corrected chi connectivity index (χ1v) is 6.73.